The Hall–Kier alpha value is -2.94. The molecule has 8 heteroatoms. The average molecular weight is 440 g/mol. The Balaban J connectivity index is 1.58. The molecule has 1 saturated carbocycles. The minimum atomic E-state index is -0.971. The molecule has 0 unspecified atom stereocenters. The van der Waals surface area contributed by atoms with Gasteiger partial charge in [-0.05, 0) is 54.5 Å². The number of hydrogen-bond donors (Lipinski definition) is 6. The standard InChI is InChI=1S/C24H29N3O5/c28-19-8-4-2-6-16(19)11-18(23(30)27-32)22(25-13-14-9-10-14)24(31)26-21-17-7-3-1-5-15(17)12-20(21)29/h1-8,14,18,20-22,25,28-29,32H,9-13H2,(H,26,31)(H,27,30)/t18-,20+,21-,22+/m0/s1. The summed E-state index contributed by atoms with van der Waals surface area (Å²) in [5.41, 5.74) is 4.01. The Bertz CT molecular complexity index is 978. The third-order valence-electron chi connectivity index (χ3n) is 6.39. The van der Waals surface area contributed by atoms with Gasteiger partial charge in [0.2, 0.25) is 11.8 Å². The zero-order valence-corrected chi connectivity index (χ0v) is 17.7. The predicted molar refractivity (Wildman–Crippen MR) is 117 cm³/mol. The molecule has 1 fully saturated rings. The van der Waals surface area contributed by atoms with Crippen LogP contribution in [0.3, 0.4) is 0 Å². The second-order valence-corrected chi connectivity index (χ2v) is 8.70. The van der Waals surface area contributed by atoms with Crippen molar-refractivity contribution in [2.45, 2.75) is 43.9 Å². The fourth-order valence-electron chi connectivity index (χ4n) is 4.39. The first-order chi connectivity index (χ1) is 15.5. The average Bonchev–Trinajstić information content (AvgIpc) is 3.57. The molecular weight excluding hydrogens is 410 g/mol. The molecule has 2 aliphatic carbocycles. The zero-order chi connectivity index (χ0) is 22.7. The number of phenols is 1. The van der Waals surface area contributed by atoms with Crippen LogP contribution in [0.1, 0.15) is 35.6 Å². The normalized spacial score (nSPS) is 21.4. The Labute approximate surface area is 186 Å². The molecule has 0 aromatic heterocycles. The largest absolute Gasteiger partial charge is 0.508 e. The molecule has 6 N–H and O–H groups in total. The van der Waals surface area contributed by atoms with E-state index in [0.29, 0.717) is 24.4 Å². The van der Waals surface area contributed by atoms with Crippen LogP contribution in [-0.2, 0) is 22.4 Å². The van der Waals surface area contributed by atoms with Crippen molar-refractivity contribution in [2.75, 3.05) is 6.54 Å². The molecule has 2 aliphatic rings. The van der Waals surface area contributed by atoms with Gasteiger partial charge in [-0.1, -0.05) is 42.5 Å². The van der Waals surface area contributed by atoms with Crippen molar-refractivity contribution >= 4 is 11.8 Å². The molecule has 4 rings (SSSR count). The van der Waals surface area contributed by atoms with E-state index in [9.17, 15) is 25.0 Å². The van der Waals surface area contributed by atoms with Gasteiger partial charge in [-0.3, -0.25) is 14.8 Å². The predicted octanol–water partition coefficient (Wildman–Crippen LogP) is 1.20. The van der Waals surface area contributed by atoms with E-state index in [2.05, 4.69) is 10.6 Å². The van der Waals surface area contributed by atoms with Gasteiger partial charge in [-0.25, -0.2) is 5.48 Å². The molecular formula is C24H29N3O5. The van der Waals surface area contributed by atoms with E-state index in [-0.39, 0.29) is 12.2 Å². The number of fused-ring (bicyclic) bond motifs is 1. The topological polar surface area (TPSA) is 131 Å². The summed E-state index contributed by atoms with van der Waals surface area (Å²) in [6, 6.07) is 12.6. The van der Waals surface area contributed by atoms with Gasteiger partial charge in [-0.2, -0.15) is 0 Å². The van der Waals surface area contributed by atoms with Gasteiger partial charge in [0, 0.05) is 6.42 Å². The summed E-state index contributed by atoms with van der Waals surface area (Å²) in [7, 11) is 0. The van der Waals surface area contributed by atoms with Crippen molar-refractivity contribution in [1.29, 1.82) is 0 Å². The van der Waals surface area contributed by atoms with E-state index < -0.39 is 35.9 Å². The molecule has 0 heterocycles. The lowest BCUT2D eigenvalue weighted by atomic mass is 9.89. The number of aromatic hydroxyl groups is 1. The van der Waals surface area contributed by atoms with Gasteiger partial charge in [0.15, 0.2) is 0 Å². The van der Waals surface area contributed by atoms with Crippen LogP contribution < -0.4 is 16.1 Å². The first kappa shape index (κ1) is 22.3. The number of aliphatic hydroxyl groups is 1. The number of hydrogen-bond acceptors (Lipinski definition) is 6. The monoisotopic (exact) mass is 439 g/mol. The first-order valence-electron chi connectivity index (χ1n) is 11.0. The Kier molecular flexibility index (Phi) is 6.74. The first-order valence-corrected chi connectivity index (χ1v) is 11.0. The van der Waals surface area contributed by atoms with Crippen LogP contribution in [0.4, 0.5) is 0 Å². The summed E-state index contributed by atoms with van der Waals surface area (Å²) in [4.78, 5) is 26.0. The van der Waals surface area contributed by atoms with Crippen LogP contribution in [0.25, 0.3) is 0 Å². The number of nitrogens with one attached hydrogen (secondary N) is 3. The summed E-state index contributed by atoms with van der Waals surface area (Å²) in [5, 5.41) is 36.2. The number of hydroxylamine groups is 1. The van der Waals surface area contributed by atoms with Gasteiger partial charge in [-0.15, -0.1) is 0 Å². The maximum atomic E-state index is 13.4. The highest BCUT2D eigenvalue weighted by Gasteiger charge is 2.39. The van der Waals surface area contributed by atoms with E-state index in [1.54, 1.807) is 23.7 Å². The molecule has 32 heavy (non-hydrogen) atoms. The number of aliphatic hydroxyl groups excluding tert-OH is 1. The van der Waals surface area contributed by atoms with Crippen molar-refractivity contribution < 1.29 is 25.0 Å². The molecule has 8 nitrogen and oxygen atoms in total. The molecule has 0 saturated heterocycles. The van der Waals surface area contributed by atoms with Gasteiger partial charge in [0.25, 0.3) is 0 Å². The Morgan fingerprint density at radius 1 is 1.03 bits per heavy atom. The molecule has 4 atom stereocenters. The molecule has 0 radical (unpaired) electrons. The van der Waals surface area contributed by atoms with E-state index in [4.69, 9.17) is 0 Å². The van der Waals surface area contributed by atoms with Crippen LogP contribution in [-0.4, -0.2) is 45.9 Å². The zero-order valence-electron chi connectivity index (χ0n) is 17.7. The minimum absolute atomic E-state index is 0.0183. The number of rotatable bonds is 9. The maximum Gasteiger partial charge on any atom is 0.248 e. The molecule has 2 aromatic carbocycles. The van der Waals surface area contributed by atoms with Gasteiger partial charge >= 0.3 is 0 Å². The highest BCUT2D eigenvalue weighted by Crippen LogP contribution is 2.32. The third-order valence-corrected chi connectivity index (χ3v) is 6.39. The molecule has 0 bridgehead atoms. The van der Waals surface area contributed by atoms with Gasteiger partial charge in [0.1, 0.15) is 5.75 Å². The number of amides is 2. The van der Waals surface area contributed by atoms with Crippen LogP contribution in [0.15, 0.2) is 48.5 Å². The summed E-state index contributed by atoms with van der Waals surface area (Å²) in [6.07, 6.45) is 1.86. The molecule has 2 amide bonds. The smallest absolute Gasteiger partial charge is 0.248 e. The summed E-state index contributed by atoms with van der Waals surface area (Å²) in [5.74, 6) is -1.66. The van der Waals surface area contributed by atoms with Crippen molar-refractivity contribution in [3.8, 4) is 5.75 Å². The molecule has 2 aromatic rings. The van der Waals surface area contributed by atoms with E-state index >= 15 is 0 Å². The highest BCUT2D eigenvalue weighted by molar-refractivity contribution is 5.90. The SMILES string of the molecule is O=C(NO)[C@@H](Cc1ccccc1O)[C@@H](NCC1CC1)C(=O)N[C@H]1c2ccccc2C[C@H]1O. The fourth-order valence-corrected chi connectivity index (χ4v) is 4.39. The van der Waals surface area contributed by atoms with Gasteiger partial charge in [0.05, 0.1) is 24.1 Å². The summed E-state index contributed by atoms with van der Waals surface area (Å²) in [6.45, 7) is 0.567. The summed E-state index contributed by atoms with van der Waals surface area (Å²) < 4.78 is 0. The van der Waals surface area contributed by atoms with Crippen molar-refractivity contribution in [1.82, 2.24) is 16.1 Å². The number of benzene rings is 2. The third kappa shape index (κ3) is 4.93. The lowest BCUT2D eigenvalue weighted by Crippen LogP contribution is -2.55. The minimum Gasteiger partial charge on any atom is -0.508 e. The molecule has 170 valence electrons. The molecule has 0 aliphatic heterocycles. The number of para-hydroxylation sites is 1. The van der Waals surface area contributed by atoms with Crippen LogP contribution >= 0.6 is 0 Å². The van der Waals surface area contributed by atoms with Crippen LogP contribution in [0.2, 0.25) is 0 Å². The number of carbonyl (C=O) groups excluding carboxylic acids is 2. The summed E-state index contributed by atoms with van der Waals surface area (Å²) >= 11 is 0. The quantitative estimate of drug-likeness (QED) is 0.257. The highest BCUT2D eigenvalue weighted by atomic mass is 16.5. The lowest BCUT2D eigenvalue weighted by molar-refractivity contribution is -0.138. The van der Waals surface area contributed by atoms with Crippen molar-refractivity contribution in [3.63, 3.8) is 0 Å². The van der Waals surface area contributed by atoms with Crippen LogP contribution in [0, 0.1) is 11.8 Å². The van der Waals surface area contributed by atoms with Crippen LogP contribution in [0.5, 0.6) is 5.75 Å². The molecule has 0 spiro atoms. The fraction of sp³-hybridized carbons (Fsp3) is 0.417. The Morgan fingerprint density at radius 3 is 2.47 bits per heavy atom. The number of carbonyl (C=O) groups is 2. The van der Waals surface area contributed by atoms with Gasteiger partial charge < -0.3 is 20.8 Å². The van der Waals surface area contributed by atoms with Crippen molar-refractivity contribution in [3.05, 3.63) is 65.2 Å². The second-order valence-electron chi connectivity index (χ2n) is 8.70. The van der Waals surface area contributed by atoms with Crippen molar-refractivity contribution in [2.24, 2.45) is 11.8 Å². The second kappa shape index (κ2) is 9.68. The Morgan fingerprint density at radius 2 is 1.75 bits per heavy atom. The van der Waals surface area contributed by atoms with E-state index in [0.717, 1.165) is 24.0 Å². The maximum absolute atomic E-state index is 13.4. The lowest BCUT2D eigenvalue weighted by Gasteiger charge is -2.28. The van der Waals surface area contributed by atoms with E-state index in [1.165, 1.54) is 6.07 Å². The van der Waals surface area contributed by atoms with E-state index in [1.807, 2.05) is 24.3 Å². The number of phenolic OH excluding ortho intramolecular Hbond substituents is 1.